The summed E-state index contributed by atoms with van der Waals surface area (Å²) in [6.07, 6.45) is 3.48. The molecular formula is C13H8N4. The predicted molar refractivity (Wildman–Crippen MR) is 63.1 cm³/mol. The van der Waals surface area contributed by atoms with E-state index in [0.29, 0.717) is 5.56 Å². The first-order chi connectivity index (χ1) is 8.38. The molecule has 80 valence electrons. The minimum Gasteiger partial charge on any atom is -0.235 e. The van der Waals surface area contributed by atoms with Gasteiger partial charge in [-0.2, -0.15) is 10.4 Å². The molecule has 0 fully saturated rings. The molecule has 0 aliphatic rings. The van der Waals surface area contributed by atoms with E-state index in [1.165, 1.54) is 0 Å². The highest BCUT2D eigenvalue weighted by Gasteiger charge is 2.06. The maximum absolute atomic E-state index is 8.88. The van der Waals surface area contributed by atoms with Crippen molar-refractivity contribution < 1.29 is 0 Å². The molecular weight excluding hydrogens is 212 g/mol. The Kier molecular flexibility index (Phi) is 2.09. The Morgan fingerprint density at radius 2 is 2.12 bits per heavy atom. The molecule has 0 N–H and O–H groups in total. The third kappa shape index (κ3) is 1.54. The highest BCUT2D eigenvalue weighted by atomic mass is 15.2. The lowest BCUT2D eigenvalue weighted by atomic mass is 10.1. The van der Waals surface area contributed by atoms with Crippen LogP contribution in [0.4, 0.5) is 0 Å². The van der Waals surface area contributed by atoms with Crippen LogP contribution in [0.3, 0.4) is 0 Å². The molecule has 17 heavy (non-hydrogen) atoms. The smallest absolute Gasteiger partial charge is 0.154 e. The van der Waals surface area contributed by atoms with Gasteiger partial charge in [0.05, 0.1) is 23.5 Å². The van der Waals surface area contributed by atoms with Crippen LogP contribution in [0.15, 0.2) is 48.8 Å². The molecule has 3 aromatic rings. The van der Waals surface area contributed by atoms with Gasteiger partial charge >= 0.3 is 0 Å². The Balaban J connectivity index is 2.24. The van der Waals surface area contributed by atoms with Crippen molar-refractivity contribution in [1.82, 2.24) is 14.6 Å². The standard InChI is InChI=1S/C13H8N4/c14-8-10-3-1-4-11(7-10)12-9-15-13-5-2-6-16-17(12)13/h1-7,9H. The van der Waals surface area contributed by atoms with Gasteiger partial charge in [0, 0.05) is 11.8 Å². The van der Waals surface area contributed by atoms with Crippen LogP contribution in [-0.2, 0) is 0 Å². The van der Waals surface area contributed by atoms with Gasteiger partial charge in [-0.1, -0.05) is 12.1 Å². The number of benzene rings is 1. The molecule has 0 atom stereocenters. The SMILES string of the molecule is N#Cc1cccc(-c2cnc3cccnn23)c1. The molecule has 0 aliphatic heterocycles. The molecule has 0 amide bonds. The molecule has 1 aromatic carbocycles. The zero-order chi connectivity index (χ0) is 11.7. The molecule has 4 nitrogen and oxygen atoms in total. The second-order valence-electron chi connectivity index (χ2n) is 3.63. The van der Waals surface area contributed by atoms with Gasteiger partial charge in [0.2, 0.25) is 0 Å². The van der Waals surface area contributed by atoms with Gasteiger partial charge in [0.1, 0.15) is 0 Å². The third-order valence-corrected chi connectivity index (χ3v) is 2.57. The Morgan fingerprint density at radius 1 is 1.18 bits per heavy atom. The van der Waals surface area contributed by atoms with E-state index < -0.39 is 0 Å². The molecule has 0 unspecified atom stereocenters. The number of fused-ring (bicyclic) bond motifs is 1. The Morgan fingerprint density at radius 3 is 3.00 bits per heavy atom. The maximum Gasteiger partial charge on any atom is 0.154 e. The fraction of sp³-hybridized carbons (Fsp3) is 0. The van der Waals surface area contributed by atoms with Gasteiger partial charge in [0.25, 0.3) is 0 Å². The molecule has 0 radical (unpaired) electrons. The molecule has 3 rings (SSSR count). The van der Waals surface area contributed by atoms with Gasteiger partial charge in [-0.25, -0.2) is 9.50 Å². The summed E-state index contributed by atoms with van der Waals surface area (Å²) in [6, 6.07) is 13.3. The van der Waals surface area contributed by atoms with E-state index in [2.05, 4.69) is 16.2 Å². The van der Waals surface area contributed by atoms with Crippen molar-refractivity contribution in [3.8, 4) is 17.3 Å². The Bertz CT molecular complexity index is 721. The summed E-state index contributed by atoms with van der Waals surface area (Å²) in [5.41, 5.74) is 3.26. The van der Waals surface area contributed by atoms with Gasteiger partial charge < -0.3 is 0 Å². The van der Waals surface area contributed by atoms with E-state index >= 15 is 0 Å². The van der Waals surface area contributed by atoms with Crippen molar-refractivity contribution in [2.75, 3.05) is 0 Å². The summed E-state index contributed by atoms with van der Waals surface area (Å²) >= 11 is 0. The summed E-state index contributed by atoms with van der Waals surface area (Å²) in [6.45, 7) is 0. The second-order valence-corrected chi connectivity index (χ2v) is 3.63. The van der Waals surface area contributed by atoms with Crippen molar-refractivity contribution in [3.63, 3.8) is 0 Å². The van der Waals surface area contributed by atoms with Gasteiger partial charge in [-0.15, -0.1) is 0 Å². The summed E-state index contributed by atoms with van der Waals surface area (Å²) in [4.78, 5) is 4.27. The average Bonchev–Trinajstić information content (AvgIpc) is 2.82. The Labute approximate surface area is 97.8 Å². The van der Waals surface area contributed by atoms with Gasteiger partial charge in [-0.05, 0) is 24.3 Å². The van der Waals surface area contributed by atoms with E-state index in [9.17, 15) is 0 Å². The second kappa shape index (κ2) is 3.72. The summed E-state index contributed by atoms with van der Waals surface area (Å²) in [7, 11) is 0. The molecule has 2 heterocycles. The largest absolute Gasteiger partial charge is 0.235 e. The first-order valence-corrected chi connectivity index (χ1v) is 5.18. The number of hydrogen-bond donors (Lipinski definition) is 0. The monoisotopic (exact) mass is 220 g/mol. The van der Waals surface area contributed by atoms with E-state index in [-0.39, 0.29) is 0 Å². The van der Waals surface area contributed by atoms with Crippen LogP contribution in [0, 0.1) is 11.3 Å². The van der Waals surface area contributed by atoms with Crippen molar-refractivity contribution >= 4 is 5.65 Å². The van der Waals surface area contributed by atoms with Crippen LogP contribution in [-0.4, -0.2) is 14.6 Å². The number of nitrogens with zero attached hydrogens (tertiary/aromatic N) is 4. The van der Waals surface area contributed by atoms with Crippen LogP contribution in [0.1, 0.15) is 5.56 Å². The summed E-state index contributed by atoms with van der Waals surface area (Å²) < 4.78 is 1.76. The van der Waals surface area contributed by atoms with Crippen molar-refractivity contribution in [3.05, 3.63) is 54.4 Å². The molecule has 0 bridgehead atoms. The molecule has 0 saturated carbocycles. The topological polar surface area (TPSA) is 54.0 Å². The number of hydrogen-bond acceptors (Lipinski definition) is 3. The third-order valence-electron chi connectivity index (χ3n) is 2.57. The highest BCUT2D eigenvalue weighted by molar-refractivity contribution is 5.64. The number of nitriles is 1. The highest BCUT2D eigenvalue weighted by Crippen LogP contribution is 2.20. The van der Waals surface area contributed by atoms with E-state index in [0.717, 1.165) is 16.9 Å². The van der Waals surface area contributed by atoms with Crippen molar-refractivity contribution in [2.24, 2.45) is 0 Å². The van der Waals surface area contributed by atoms with Crippen molar-refractivity contribution in [1.29, 1.82) is 5.26 Å². The van der Waals surface area contributed by atoms with E-state index in [4.69, 9.17) is 5.26 Å². The van der Waals surface area contributed by atoms with Crippen LogP contribution < -0.4 is 0 Å². The van der Waals surface area contributed by atoms with E-state index in [1.54, 1.807) is 23.0 Å². The van der Waals surface area contributed by atoms with Crippen molar-refractivity contribution in [2.45, 2.75) is 0 Å². The maximum atomic E-state index is 8.88. The minimum atomic E-state index is 0.633. The molecule has 0 aliphatic carbocycles. The van der Waals surface area contributed by atoms with Crippen LogP contribution in [0.5, 0.6) is 0 Å². The van der Waals surface area contributed by atoms with Gasteiger partial charge in [0.15, 0.2) is 5.65 Å². The Hall–Kier alpha value is -2.67. The first kappa shape index (κ1) is 9.55. The minimum absolute atomic E-state index is 0.633. The zero-order valence-corrected chi connectivity index (χ0v) is 8.91. The normalized spacial score (nSPS) is 10.3. The average molecular weight is 220 g/mol. The first-order valence-electron chi connectivity index (χ1n) is 5.18. The fourth-order valence-corrected chi connectivity index (χ4v) is 1.77. The zero-order valence-electron chi connectivity index (χ0n) is 8.91. The van der Waals surface area contributed by atoms with Gasteiger partial charge in [-0.3, -0.25) is 0 Å². The van der Waals surface area contributed by atoms with Crippen LogP contribution in [0.2, 0.25) is 0 Å². The summed E-state index contributed by atoms with van der Waals surface area (Å²) in [5, 5.41) is 13.1. The molecule has 0 saturated heterocycles. The quantitative estimate of drug-likeness (QED) is 0.632. The molecule has 4 heteroatoms. The lowest BCUT2D eigenvalue weighted by Crippen LogP contribution is -1.92. The lowest BCUT2D eigenvalue weighted by molar-refractivity contribution is 0.942. The lowest BCUT2D eigenvalue weighted by Gasteiger charge is -2.00. The molecule has 0 spiro atoms. The predicted octanol–water partition coefficient (Wildman–Crippen LogP) is 2.27. The number of rotatable bonds is 1. The number of aromatic nitrogens is 3. The molecule has 2 aromatic heterocycles. The fourth-order valence-electron chi connectivity index (χ4n) is 1.77. The number of imidazole rings is 1. The van der Waals surface area contributed by atoms with E-state index in [1.807, 2.05) is 30.3 Å². The van der Waals surface area contributed by atoms with Crippen LogP contribution in [0.25, 0.3) is 16.9 Å². The summed E-state index contributed by atoms with van der Waals surface area (Å²) in [5.74, 6) is 0. The van der Waals surface area contributed by atoms with Crippen LogP contribution >= 0.6 is 0 Å².